The summed E-state index contributed by atoms with van der Waals surface area (Å²) in [4.78, 5) is 15.0. The van der Waals surface area contributed by atoms with Gasteiger partial charge in [-0.1, -0.05) is 26.8 Å². The van der Waals surface area contributed by atoms with Crippen molar-refractivity contribution in [2.24, 2.45) is 0 Å². The third kappa shape index (κ3) is 2.93. The number of hydrogen-bond acceptors (Lipinski definition) is 2. The smallest absolute Gasteiger partial charge is 0.271 e. The Bertz CT molecular complexity index is 817. The first kappa shape index (κ1) is 18.2. The highest BCUT2D eigenvalue weighted by Gasteiger charge is 2.39. The van der Waals surface area contributed by atoms with Crippen LogP contribution in [-0.2, 0) is 11.0 Å². The Morgan fingerprint density at radius 3 is 2.60 bits per heavy atom. The van der Waals surface area contributed by atoms with Gasteiger partial charge in [0.1, 0.15) is 5.69 Å². The Balaban J connectivity index is 1.79. The lowest BCUT2D eigenvalue weighted by Crippen LogP contribution is -2.45. The summed E-state index contributed by atoms with van der Waals surface area (Å²) in [5.41, 5.74) is 4.33. The quantitative estimate of drug-likeness (QED) is 0.748. The van der Waals surface area contributed by atoms with Crippen LogP contribution in [0, 0.1) is 6.92 Å². The summed E-state index contributed by atoms with van der Waals surface area (Å²) in [7, 11) is -1.80. The van der Waals surface area contributed by atoms with Crippen LogP contribution in [0.25, 0.3) is 5.52 Å². The fourth-order valence-electron chi connectivity index (χ4n) is 3.22. The number of aryl methyl sites for hydroxylation is 1. The molecular formula is C20H30N2O2Si. The number of carbonyl (C=O) groups is 1. The zero-order chi connectivity index (χ0) is 18.6. The second kappa shape index (κ2) is 5.99. The molecule has 1 aliphatic rings. The van der Waals surface area contributed by atoms with Gasteiger partial charge in [0.25, 0.3) is 5.91 Å². The molecule has 25 heavy (non-hydrogen) atoms. The summed E-state index contributed by atoms with van der Waals surface area (Å²) < 4.78 is 8.38. The first-order valence-corrected chi connectivity index (χ1v) is 12.0. The highest BCUT2D eigenvalue weighted by atomic mass is 28.4. The maximum atomic E-state index is 13.0. The van der Waals surface area contributed by atoms with Crippen molar-refractivity contribution in [1.29, 1.82) is 0 Å². The molecule has 0 fully saturated rings. The Kier molecular flexibility index (Phi) is 4.36. The van der Waals surface area contributed by atoms with Gasteiger partial charge in [0.05, 0.1) is 12.6 Å². The van der Waals surface area contributed by atoms with E-state index in [-0.39, 0.29) is 17.0 Å². The zero-order valence-corrected chi connectivity index (χ0v) is 17.5. The maximum Gasteiger partial charge on any atom is 0.271 e. The second-order valence-corrected chi connectivity index (χ2v) is 13.6. The van der Waals surface area contributed by atoms with Gasteiger partial charge >= 0.3 is 0 Å². The molecule has 2 aromatic rings. The average Bonchev–Trinajstić information content (AvgIpc) is 3.01. The fraction of sp³-hybridized carbons (Fsp3) is 0.550. The molecule has 2 aromatic heterocycles. The average molecular weight is 359 g/mol. The first-order valence-electron chi connectivity index (χ1n) is 9.08. The van der Waals surface area contributed by atoms with Gasteiger partial charge in [0.15, 0.2) is 8.32 Å². The van der Waals surface area contributed by atoms with E-state index in [4.69, 9.17) is 4.43 Å². The zero-order valence-electron chi connectivity index (χ0n) is 16.5. The molecule has 0 radical (unpaired) electrons. The Morgan fingerprint density at radius 1 is 1.28 bits per heavy atom. The molecule has 0 spiro atoms. The summed E-state index contributed by atoms with van der Waals surface area (Å²) in [5.74, 6) is 0.121. The Morgan fingerprint density at radius 2 is 1.96 bits per heavy atom. The Labute approximate surface area is 151 Å². The van der Waals surface area contributed by atoms with E-state index < -0.39 is 8.32 Å². The van der Waals surface area contributed by atoms with Crippen LogP contribution in [0.5, 0.6) is 0 Å². The minimum absolute atomic E-state index is 0.0767. The van der Waals surface area contributed by atoms with E-state index in [1.165, 1.54) is 5.56 Å². The molecule has 136 valence electrons. The van der Waals surface area contributed by atoms with Crippen molar-refractivity contribution in [1.82, 2.24) is 9.30 Å². The normalized spacial score (nSPS) is 16.6. The maximum absolute atomic E-state index is 13.0. The molecule has 1 unspecified atom stereocenters. The van der Waals surface area contributed by atoms with Gasteiger partial charge in [0, 0.05) is 23.8 Å². The predicted molar refractivity (Wildman–Crippen MR) is 105 cm³/mol. The van der Waals surface area contributed by atoms with E-state index in [0.717, 1.165) is 16.8 Å². The van der Waals surface area contributed by atoms with Crippen LogP contribution >= 0.6 is 0 Å². The molecule has 1 amide bonds. The predicted octanol–water partition coefficient (Wildman–Crippen LogP) is 4.61. The highest BCUT2D eigenvalue weighted by Crippen LogP contribution is 2.37. The van der Waals surface area contributed by atoms with Crippen LogP contribution in [0.15, 0.2) is 24.4 Å². The van der Waals surface area contributed by atoms with E-state index in [9.17, 15) is 4.79 Å². The van der Waals surface area contributed by atoms with Gasteiger partial charge in [-0.15, -0.1) is 0 Å². The molecule has 0 bridgehead atoms. The lowest BCUT2D eigenvalue weighted by Gasteiger charge is -2.38. The SMILES string of the molecule is Cc1c2c(n3ccccc13)C(=O)N(C(C)CO[Si](C)(C)C(C)(C)C)C2. The van der Waals surface area contributed by atoms with E-state index >= 15 is 0 Å². The third-order valence-electron chi connectivity index (χ3n) is 6.04. The van der Waals surface area contributed by atoms with Gasteiger partial charge in [-0.3, -0.25) is 4.79 Å². The molecule has 0 aromatic carbocycles. The second-order valence-electron chi connectivity index (χ2n) is 8.76. The van der Waals surface area contributed by atoms with E-state index in [1.54, 1.807) is 0 Å². The van der Waals surface area contributed by atoms with E-state index in [0.29, 0.717) is 13.2 Å². The fourth-order valence-corrected chi connectivity index (χ4v) is 4.31. The van der Waals surface area contributed by atoms with Crippen LogP contribution in [0.4, 0.5) is 0 Å². The van der Waals surface area contributed by atoms with E-state index in [1.807, 2.05) is 27.6 Å². The number of amides is 1. The molecule has 1 atom stereocenters. The molecular weight excluding hydrogens is 328 g/mol. The molecule has 3 heterocycles. The lowest BCUT2D eigenvalue weighted by molar-refractivity contribution is 0.0646. The summed E-state index contributed by atoms with van der Waals surface area (Å²) >= 11 is 0. The van der Waals surface area contributed by atoms with Crippen molar-refractivity contribution in [2.75, 3.05) is 6.61 Å². The number of nitrogens with zero attached hydrogens (tertiary/aromatic N) is 2. The molecule has 0 aliphatic carbocycles. The molecule has 4 nitrogen and oxygen atoms in total. The number of hydrogen-bond donors (Lipinski definition) is 0. The van der Waals surface area contributed by atoms with Gasteiger partial charge < -0.3 is 13.7 Å². The van der Waals surface area contributed by atoms with E-state index in [2.05, 4.69) is 53.8 Å². The van der Waals surface area contributed by atoms with Gasteiger partial charge in [0.2, 0.25) is 0 Å². The molecule has 0 saturated heterocycles. The molecule has 0 saturated carbocycles. The minimum Gasteiger partial charge on any atom is -0.415 e. The van der Waals surface area contributed by atoms with Gasteiger partial charge in [-0.25, -0.2) is 0 Å². The topological polar surface area (TPSA) is 34.0 Å². The summed E-state index contributed by atoms with van der Waals surface area (Å²) in [6, 6.07) is 6.16. The van der Waals surface area contributed by atoms with Crippen LogP contribution < -0.4 is 0 Å². The minimum atomic E-state index is -1.80. The van der Waals surface area contributed by atoms with Crippen molar-refractivity contribution in [2.45, 2.75) is 65.3 Å². The van der Waals surface area contributed by atoms with Gasteiger partial charge in [-0.05, 0) is 49.7 Å². The Hall–Kier alpha value is -1.59. The van der Waals surface area contributed by atoms with Crippen LogP contribution in [0.2, 0.25) is 18.1 Å². The van der Waals surface area contributed by atoms with Crippen LogP contribution in [0.1, 0.15) is 49.3 Å². The van der Waals surface area contributed by atoms with Crippen molar-refractivity contribution in [3.8, 4) is 0 Å². The molecule has 5 heteroatoms. The monoisotopic (exact) mass is 358 g/mol. The van der Waals surface area contributed by atoms with Crippen LogP contribution in [-0.4, -0.2) is 36.2 Å². The number of pyridine rings is 1. The number of carbonyl (C=O) groups excluding carboxylic acids is 1. The molecule has 1 aliphatic heterocycles. The largest absolute Gasteiger partial charge is 0.415 e. The number of rotatable bonds is 4. The van der Waals surface area contributed by atoms with Crippen molar-refractivity contribution in [3.05, 3.63) is 41.2 Å². The summed E-state index contributed by atoms with van der Waals surface area (Å²) in [5, 5.41) is 0.181. The number of fused-ring (bicyclic) bond motifs is 3. The number of aromatic nitrogens is 1. The lowest BCUT2D eigenvalue weighted by atomic mass is 10.1. The summed E-state index contributed by atoms with van der Waals surface area (Å²) in [6.45, 7) is 16.7. The van der Waals surface area contributed by atoms with Crippen molar-refractivity contribution >= 4 is 19.7 Å². The standard InChI is InChI=1S/C20H30N2O2Si/c1-14(13-24-25(6,7)20(3,4)5)22-12-16-15(2)17-10-8-9-11-21(17)18(16)19(22)23/h8-11,14H,12-13H2,1-7H3. The first-order chi connectivity index (χ1) is 11.5. The summed E-state index contributed by atoms with van der Waals surface area (Å²) in [6.07, 6.45) is 1.99. The van der Waals surface area contributed by atoms with Crippen molar-refractivity contribution in [3.63, 3.8) is 0 Å². The third-order valence-corrected chi connectivity index (χ3v) is 10.5. The van der Waals surface area contributed by atoms with Gasteiger partial charge in [-0.2, -0.15) is 0 Å². The molecule has 0 N–H and O–H groups in total. The highest BCUT2D eigenvalue weighted by molar-refractivity contribution is 6.74. The van der Waals surface area contributed by atoms with Crippen molar-refractivity contribution < 1.29 is 9.22 Å². The molecule has 3 rings (SSSR count). The van der Waals surface area contributed by atoms with Crippen LogP contribution in [0.3, 0.4) is 0 Å².